The number of halogens is 3. The third kappa shape index (κ3) is 5.91. The Kier molecular flexibility index (Phi) is 6.38. The van der Waals surface area contributed by atoms with E-state index < -0.39 is 30.5 Å². The second-order valence-corrected chi connectivity index (χ2v) is 5.83. The third-order valence-electron chi connectivity index (χ3n) is 3.83. The highest BCUT2D eigenvalue weighted by Crippen LogP contribution is 2.22. The van der Waals surface area contributed by atoms with Crippen LogP contribution in [0.1, 0.15) is 27.9 Å². The summed E-state index contributed by atoms with van der Waals surface area (Å²) in [7, 11) is 0. The molecule has 2 aromatic rings. The van der Waals surface area contributed by atoms with Crippen LogP contribution in [0.4, 0.5) is 13.2 Å². The lowest BCUT2D eigenvalue weighted by atomic mass is 9.99. The van der Waals surface area contributed by atoms with Crippen LogP contribution < -0.4 is 5.32 Å². The van der Waals surface area contributed by atoms with E-state index in [1.54, 1.807) is 18.2 Å². The largest absolute Gasteiger partial charge is 0.480 e. The molecule has 4 nitrogen and oxygen atoms in total. The Balaban J connectivity index is 2.12. The summed E-state index contributed by atoms with van der Waals surface area (Å²) >= 11 is 0. The predicted molar refractivity (Wildman–Crippen MR) is 89.9 cm³/mol. The number of hydrogen-bond acceptors (Lipinski definition) is 2. The maximum atomic E-state index is 12.5. The molecule has 0 saturated heterocycles. The Bertz CT molecular complexity index is 760. The quantitative estimate of drug-likeness (QED) is 0.788. The second kappa shape index (κ2) is 8.51. The monoisotopic (exact) mass is 365 g/mol. The average Bonchev–Trinajstić information content (AvgIpc) is 2.59. The molecule has 26 heavy (non-hydrogen) atoms. The van der Waals surface area contributed by atoms with Gasteiger partial charge in [-0.25, -0.2) is 4.79 Å². The van der Waals surface area contributed by atoms with E-state index in [2.05, 4.69) is 0 Å². The SMILES string of the molecule is O=C(NC(CC(F)(F)F)C(=O)O)c1ccccc1CCc1ccccc1. The summed E-state index contributed by atoms with van der Waals surface area (Å²) in [6.45, 7) is 0. The van der Waals surface area contributed by atoms with Crippen molar-refractivity contribution >= 4 is 11.9 Å². The molecule has 2 rings (SSSR count). The van der Waals surface area contributed by atoms with E-state index in [0.29, 0.717) is 18.4 Å². The Labute approximate surface area is 148 Å². The number of carboxylic acids is 1. The molecule has 0 fully saturated rings. The van der Waals surface area contributed by atoms with Crippen LogP contribution in [0.15, 0.2) is 54.6 Å². The van der Waals surface area contributed by atoms with Crippen molar-refractivity contribution in [3.8, 4) is 0 Å². The predicted octanol–water partition coefficient (Wildman–Crippen LogP) is 3.61. The van der Waals surface area contributed by atoms with Gasteiger partial charge in [0.25, 0.3) is 5.91 Å². The average molecular weight is 365 g/mol. The highest BCUT2D eigenvalue weighted by molar-refractivity contribution is 5.97. The molecule has 2 aromatic carbocycles. The van der Waals surface area contributed by atoms with Gasteiger partial charge in [-0.05, 0) is 30.0 Å². The smallest absolute Gasteiger partial charge is 0.391 e. The first-order chi connectivity index (χ1) is 12.3. The van der Waals surface area contributed by atoms with E-state index in [0.717, 1.165) is 5.56 Å². The van der Waals surface area contributed by atoms with Crippen molar-refractivity contribution in [1.29, 1.82) is 0 Å². The first-order valence-electron chi connectivity index (χ1n) is 7.98. The van der Waals surface area contributed by atoms with Gasteiger partial charge in [-0.15, -0.1) is 0 Å². The lowest BCUT2D eigenvalue weighted by molar-refractivity contribution is -0.157. The van der Waals surface area contributed by atoms with Gasteiger partial charge < -0.3 is 10.4 Å². The van der Waals surface area contributed by atoms with Gasteiger partial charge >= 0.3 is 12.1 Å². The zero-order valence-corrected chi connectivity index (χ0v) is 13.8. The molecule has 0 spiro atoms. The number of amides is 1. The minimum absolute atomic E-state index is 0.178. The molecule has 0 aliphatic rings. The van der Waals surface area contributed by atoms with Crippen molar-refractivity contribution in [3.63, 3.8) is 0 Å². The van der Waals surface area contributed by atoms with Crippen LogP contribution in [0.3, 0.4) is 0 Å². The number of benzene rings is 2. The van der Waals surface area contributed by atoms with E-state index in [1.165, 1.54) is 6.07 Å². The molecule has 0 aliphatic carbocycles. The van der Waals surface area contributed by atoms with Gasteiger partial charge in [-0.3, -0.25) is 4.79 Å². The summed E-state index contributed by atoms with van der Waals surface area (Å²) in [6.07, 6.45) is -5.16. The molecule has 0 bridgehead atoms. The van der Waals surface area contributed by atoms with Crippen LogP contribution in [0.25, 0.3) is 0 Å². The molecular formula is C19H18F3NO3. The van der Waals surface area contributed by atoms with Crippen LogP contribution >= 0.6 is 0 Å². The highest BCUT2D eigenvalue weighted by atomic mass is 19.4. The fourth-order valence-corrected chi connectivity index (χ4v) is 2.55. The van der Waals surface area contributed by atoms with Crippen LogP contribution in [0.5, 0.6) is 0 Å². The van der Waals surface area contributed by atoms with Gasteiger partial charge in [-0.1, -0.05) is 48.5 Å². The Morgan fingerprint density at radius 2 is 1.58 bits per heavy atom. The van der Waals surface area contributed by atoms with Crippen molar-refractivity contribution in [2.24, 2.45) is 0 Å². The van der Waals surface area contributed by atoms with Gasteiger partial charge in [0, 0.05) is 5.56 Å². The molecule has 0 radical (unpaired) electrons. The Morgan fingerprint density at radius 3 is 2.19 bits per heavy atom. The molecule has 1 unspecified atom stereocenters. The van der Waals surface area contributed by atoms with E-state index >= 15 is 0 Å². The normalized spacial score (nSPS) is 12.4. The van der Waals surface area contributed by atoms with Gasteiger partial charge in [0.1, 0.15) is 6.04 Å². The summed E-state index contributed by atoms with van der Waals surface area (Å²) in [4.78, 5) is 23.4. The van der Waals surface area contributed by atoms with Crippen LogP contribution in [-0.2, 0) is 17.6 Å². The number of nitrogens with one attached hydrogen (secondary N) is 1. The van der Waals surface area contributed by atoms with Gasteiger partial charge in [0.2, 0.25) is 0 Å². The number of hydrogen-bond donors (Lipinski definition) is 2. The summed E-state index contributed by atoms with van der Waals surface area (Å²) in [5.41, 5.74) is 1.88. The third-order valence-corrected chi connectivity index (χ3v) is 3.83. The molecule has 1 amide bonds. The van der Waals surface area contributed by atoms with Gasteiger partial charge in [-0.2, -0.15) is 13.2 Å². The lowest BCUT2D eigenvalue weighted by Crippen LogP contribution is -2.43. The van der Waals surface area contributed by atoms with Crippen molar-refractivity contribution in [2.75, 3.05) is 0 Å². The molecule has 1 atom stereocenters. The van der Waals surface area contributed by atoms with Crippen molar-refractivity contribution in [3.05, 3.63) is 71.3 Å². The topological polar surface area (TPSA) is 66.4 Å². The lowest BCUT2D eigenvalue weighted by Gasteiger charge is -2.17. The highest BCUT2D eigenvalue weighted by Gasteiger charge is 2.36. The maximum Gasteiger partial charge on any atom is 0.391 e. The number of carbonyl (C=O) groups excluding carboxylic acids is 1. The molecule has 7 heteroatoms. The number of alkyl halides is 3. The fraction of sp³-hybridized carbons (Fsp3) is 0.263. The number of rotatable bonds is 7. The summed E-state index contributed by atoms with van der Waals surface area (Å²) < 4.78 is 37.5. The number of carboxylic acid groups (broad SMARTS) is 1. The zero-order valence-electron chi connectivity index (χ0n) is 13.8. The molecule has 0 aromatic heterocycles. The first kappa shape index (κ1) is 19.5. The van der Waals surface area contributed by atoms with Crippen LogP contribution in [0, 0.1) is 0 Å². The summed E-state index contributed by atoms with van der Waals surface area (Å²) in [6, 6.07) is 14.0. The van der Waals surface area contributed by atoms with Crippen LogP contribution in [0.2, 0.25) is 0 Å². The minimum atomic E-state index is -4.69. The second-order valence-electron chi connectivity index (χ2n) is 5.83. The zero-order chi connectivity index (χ0) is 19.2. The Morgan fingerprint density at radius 1 is 0.962 bits per heavy atom. The van der Waals surface area contributed by atoms with Gasteiger partial charge in [0.15, 0.2) is 0 Å². The maximum absolute atomic E-state index is 12.5. The first-order valence-corrected chi connectivity index (χ1v) is 7.98. The van der Waals surface area contributed by atoms with Crippen LogP contribution in [-0.4, -0.2) is 29.2 Å². The summed E-state index contributed by atoms with van der Waals surface area (Å²) in [5, 5.41) is 10.9. The number of aliphatic carboxylic acids is 1. The summed E-state index contributed by atoms with van der Waals surface area (Å²) in [5.74, 6) is -2.55. The molecule has 0 heterocycles. The van der Waals surface area contributed by atoms with Crippen molar-refractivity contribution in [1.82, 2.24) is 5.32 Å². The van der Waals surface area contributed by atoms with E-state index in [-0.39, 0.29) is 5.56 Å². The molecule has 0 saturated carbocycles. The van der Waals surface area contributed by atoms with Crippen molar-refractivity contribution in [2.45, 2.75) is 31.5 Å². The number of carbonyl (C=O) groups is 2. The van der Waals surface area contributed by atoms with Gasteiger partial charge in [0.05, 0.1) is 6.42 Å². The Hall–Kier alpha value is -2.83. The van der Waals surface area contributed by atoms with E-state index in [9.17, 15) is 22.8 Å². The molecule has 0 aliphatic heterocycles. The molecule has 2 N–H and O–H groups in total. The minimum Gasteiger partial charge on any atom is -0.480 e. The standard InChI is InChI=1S/C19H18F3NO3/c20-19(21,22)12-16(18(25)26)23-17(24)15-9-5-4-8-14(15)11-10-13-6-2-1-3-7-13/h1-9,16H,10-12H2,(H,23,24)(H,25,26). The van der Waals surface area contributed by atoms with Crippen molar-refractivity contribution < 1.29 is 27.9 Å². The fourth-order valence-electron chi connectivity index (χ4n) is 2.55. The van der Waals surface area contributed by atoms with E-state index in [1.807, 2.05) is 35.6 Å². The molecular weight excluding hydrogens is 347 g/mol. The molecule has 138 valence electrons. The van der Waals surface area contributed by atoms with E-state index in [4.69, 9.17) is 5.11 Å². The number of aryl methyl sites for hydroxylation is 2.